The van der Waals surface area contributed by atoms with E-state index in [1.54, 1.807) is 36.4 Å². The Morgan fingerprint density at radius 1 is 1.03 bits per heavy atom. The van der Waals surface area contributed by atoms with Gasteiger partial charge in [-0.2, -0.15) is 5.10 Å². The van der Waals surface area contributed by atoms with Crippen LogP contribution in [0, 0.1) is 6.92 Å². The minimum Gasteiger partial charge on any atom is -0.493 e. The predicted octanol–water partition coefficient (Wildman–Crippen LogP) is 6.31. The number of rotatable bonds is 7. The number of aryl methyl sites for hydroxylation is 1. The first-order valence-electron chi connectivity index (χ1n) is 9.22. The third-order valence-corrected chi connectivity index (χ3v) is 5.29. The Labute approximate surface area is 195 Å². The number of ether oxygens (including phenoxy) is 2. The SMILES string of the molecule is COc1cc(/C=N\NC(=O)c2ccc(C)cc2Cl)cc(Cl)c1OCc1ccccc1Cl. The molecule has 160 valence electrons. The van der Waals surface area contributed by atoms with E-state index in [1.165, 1.54) is 13.3 Å². The summed E-state index contributed by atoms with van der Waals surface area (Å²) in [5, 5.41) is 5.27. The van der Waals surface area contributed by atoms with Gasteiger partial charge in [0.15, 0.2) is 11.5 Å². The number of hydrazone groups is 1. The molecule has 0 radical (unpaired) electrons. The van der Waals surface area contributed by atoms with Crippen LogP contribution in [0.25, 0.3) is 0 Å². The van der Waals surface area contributed by atoms with Crippen molar-refractivity contribution in [2.24, 2.45) is 5.10 Å². The maximum Gasteiger partial charge on any atom is 0.272 e. The molecule has 0 heterocycles. The molecule has 1 N–H and O–H groups in total. The van der Waals surface area contributed by atoms with Gasteiger partial charge in [-0.3, -0.25) is 4.79 Å². The normalized spacial score (nSPS) is 10.9. The Morgan fingerprint density at radius 2 is 1.81 bits per heavy atom. The van der Waals surface area contributed by atoms with Crippen molar-refractivity contribution in [1.29, 1.82) is 0 Å². The van der Waals surface area contributed by atoms with Crippen LogP contribution in [0.5, 0.6) is 11.5 Å². The molecular weight excluding hydrogens is 459 g/mol. The number of hydrogen-bond acceptors (Lipinski definition) is 4. The van der Waals surface area contributed by atoms with E-state index in [9.17, 15) is 4.79 Å². The van der Waals surface area contributed by atoms with E-state index in [4.69, 9.17) is 44.3 Å². The summed E-state index contributed by atoms with van der Waals surface area (Å²) in [5.74, 6) is 0.393. The average Bonchev–Trinajstić information content (AvgIpc) is 2.73. The van der Waals surface area contributed by atoms with Crippen molar-refractivity contribution in [2.75, 3.05) is 7.11 Å². The van der Waals surface area contributed by atoms with Gasteiger partial charge >= 0.3 is 0 Å². The number of carbonyl (C=O) groups excluding carboxylic acids is 1. The fourth-order valence-corrected chi connectivity index (χ4v) is 3.53. The summed E-state index contributed by atoms with van der Waals surface area (Å²) in [6, 6.07) is 15.9. The molecule has 3 rings (SSSR count). The van der Waals surface area contributed by atoms with Crippen LogP contribution in [0.2, 0.25) is 15.1 Å². The van der Waals surface area contributed by atoms with Gasteiger partial charge in [0.05, 0.1) is 28.9 Å². The molecule has 1 amide bonds. The molecule has 0 saturated carbocycles. The van der Waals surface area contributed by atoms with Crippen LogP contribution in [0.15, 0.2) is 59.7 Å². The molecule has 0 fully saturated rings. The highest BCUT2D eigenvalue weighted by atomic mass is 35.5. The summed E-state index contributed by atoms with van der Waals surface area (Å²) >= 11 is 18.7. The fourth-order valence-electron chi connectivity index (χ4n) is 2.75. The zero-order valence-electron chi connectivity index (χ0n) is 16.8. The Bertz CT molecular complexity index is 1130. The first kappa shape index (κ1) is 22.9. The second-order valence-corrected chi connectivity index (χ2v) is 7.82. The highest BCUT2D eigenvalue weighted by Crippen LogP contribution is 2.37. The van der Waals surface area contributed by atoms with Crippen molar-refractivity contribution in [3.8, 4) is 11.5 Å². The Balaban J connectivity index is 1.71. The molecule has 5 nitrogen and oxygen atoms in total. The maximum absolute atomic E-state index is 12.3. The van der Waals surface area contributed by atoms with Gasteiger partial charge in [0.25, 0.3) is 5.91 Å². The van der Waals surface area contributed by atoms with Crippen molar-refractivity contribution >= 4 is 46.9 Å². The molecular formula is C23H19Cl3N2O3. The van der Waals surface area contributed by atoms with Crippen molar-refractivity contribution in [1.82, 2.24) is 5.43 Å². The number of halogens is 3. The summed E-state index contributed by atoms with van der Waals surface area (Å²) in [6.45, 7) is 2.13. The standard InChI is InChI=1S/C23H19Cl3N2O3/c1-14-7-8-17(19(25)9-14)23(29)28-27-12-15-10-20(26)22(21(11-15)30-2)31-13-16-5-3-4-6-18(16)24/h3-12H,13H2,1-2H3,(H,28,29)/b27-12-. The van der Waals surface area contributed by atoms with Gasteiger partial charge in [-0.05, 0) is 48.4 Å². The fraction of sp³-hybridized carbons (Fsp3) is 0.130. The number of nitrogens with one attached hydrogen (secondary N) is 1. The molecule has 0 saturated heterocycles. The van der Waals surface area contributed by atoms with E-state index in [0.29, 0.717) is 37.7 Å². The third kappa shape index (κ3) is 5.91. The van der Waals surface area contributed by atoms with E-state index in [2.05, 4.69) is 10.5 Å². The monoisotopic (exact) mass is 476 g/mol. The molecule has 0 aliphatic rings. The number of amides is 1. The highest BCUT2D eigenvalue weighted by Gasteiger charge is 2.13. The Hall–Kier alpha value is -2.73. The van der Waals surface area contributed by atoms with Crippen molar-refractivity contribution < 1.29 is 14.3 Å². The van der Waals surface area contributed by atoms with Crippen LogP contribution in [0.3, 0.4) is 0 Å². The lowest BCUT2D eigenvalue weighted by Crippen LogP contribution is -2.18. The summed E-state index contributed by atoms with van der Waals surface area (Å²) in [6.07, 6.45) is 1.45. The Kier molecular flexibility index (Phi) is 7.80. The van der Waals surface area contributed by atoms with Crippen molar-refractivity contribution in [3.05, 3.63) is 91.9 Å². The van der Waals surface area contributed by atoms with Crippen LogP contribution in [-0.4, -0.2) is 19.2 Å². The largest absolute Gasteiger partial charge is 0.493 e. The molecule has 0 bridgehead atoms. The summed E-state index contributed by atoms with van der Waals surface area (Å²) in [5.41, 5.74) is 5.18. The molecule has 0 unspecified atom stereocenters. The lowest BCUT2D eigenvalue weighted by atomic mass is 10.1. The van der Waals surface area contributed by atoms with E-state index in [-0.39, 0.29) is 6.61 Å². The smallest absolute Gasteiger partial charge is 0.272 e. The summed E-state index contributed by atoms with van der Waals surface area (Å²) < 4.78 is 11.2. The molecule has 0 aliphatic heterocycles. The van der Waals surface area contributed by atoms with E-state index in [1.807, 2.05) is 25.1 Å². The zero-order valence-corrected chi connectivity index (χ0v) is 19.1. The lowest BCUT2D eigenvalue weighted by molar-refractivity contribution is 0.0955. The van der Waals surface area contributed by atoms with Crippen molar-refractivity contribution in [3.63, 3.8) is 0 Å². The maximum atomic E-state index is 12.3. The molecule has 0 spiro atoms. The molecule has 0 aromatic heterocycles. The zero-order chi connectivity index (χ0) is 22.4. The molecule has 0 aliphatic carbocycles. The number of benzene rings is 3. The van der Waals surface area contributed by atoms with Crippen molar-refractivity contribution in [2.45, 2.75) is 13.5 Å². The van der Waals surface area contributed by atoms with Gasteiger partial charge in [-0.1, -0.05) is 59.1 Å². The third-order valence-electron chi connectivity index (χ3n) is 4.33. The topological polar surface area (TPSA) is 59.9 Å². The number of nitrogens with zero attached hydrogens (tertiary/aromatic N) is 1. The summed E-state index contributed by atoms with van der Waals surface area (Å²) in [7, 11) is 1.51. The van der Waals surface area contributed by atoms with Crippen LogP contribution in [0.1, 0.15) is 27.0 Å². The van der Waals surface area contributed by atoms with Gasteiger partial charge in [-0.15, -0.1) is 0 Å². The molecule has 8 heteroatoms. The van der Waals surface area contributed by atoms with Gasteiger partial charge in [0, 0.05) is 10.6 Å². The van der Waals surface area contributed by atoms with Gasteiger partial charge in [0.2, 0.25) is 0 Å². The predicted molar refractivity (Wildman–Crippen MR) is 125 cm³/mol. The average molecular weight is 478 g/mol. The number of methoxy groups -OCH3 is 1. The second kappa shape index (κ2) is 10.5. The van der Waals surface area contributed by atoms with Crippen LogP contribution in [0.4, 0.5) is 0 Å². The molecule has 0 atom stereocenters. The van der Waals surface area contributed by atoms with Gasteiger partial charge < -0.3 is 9.47 Å². The first-order valence-corrected chi connectivity index (χ1v) is 10.4. The van der Waals surface area contributed by atoms with E-state index < -0.39 is 5.91 Å². The molecule has 3 aromatic carbocycles. The highest BCUT2D eigenvalue weighted by molar-refractivity contribution is 6.34. The number of carbonyl (C=O) groups is 1. The molecule has 3 aromatic rings. The quantitative estimate of drug-likeness (QED) is 0.320. The van der Waals surface area contributed by atoms with Crippen LogP contribution in [-0.2, 0) is 6.61 Å². The van der Waals surface area contributed by atoms with Gasteiger partial charge in [0.1, 0.15) is 6.61 Å². The van der Waals surface area contributed by atoms with E-state index >= 15 is 0 Å². The van der Waals surface area contributed by atoms with Gasteiger partial charge in [-0.25, -0.2) is 5.43 Å². The minimum absolute atomic E-state index is 0.233. The second-order valence-electron chi connectivity index (χ2n) is 6.60. The molecule has 31 heavy (non-hydrogen) atoms. The first-order chi connectivity index (χ1) is 14.9. The minimum atomic E-state index is -0.418. The van der Waals surface area contributed by atoms with Crippen LogP contribution >= 0.6 is 34.8 Å². The Morgan fingerprint density at radius 3 is 2.52 bits per heavy atom. The van der Waals surface area contributed by atoms with E-state index in [0.717, 1.165) is 11.1 Å². The number of hydrogen-bond donors (Lipinski definition) is 1. The van der Waals surface area contributed by atoms with Crippen LogP contribution < -0.4 is 14.9 Å². The lowest BCUT2D eigenvalue weighted by Gasteiger charge is -2.14. The summed E-state index contributed by atoms with van der Waals surface area (Å²) in [4.78, 5) is 12.3.